The standard InChI is InChI=1S/C19H27N3O2S/c1-12(2)8-7-9-13(3)22-18(24)15-10-5-6-11-16(15)21-19(22)25-14(4)17(20)23/h5-6,10-14H,7-9H2,1-4H3,(H2,20,23)/t13-,14+/m0/s1. The molecule has 5 nitrogen and oxygen atoms in total. The molecule has 0 fully saturated rings. The van der Waals surface area contributed by atoms with Gasteiger partial charge in [0.1, 0.15) is 0 Å². The molecule has 0 saturated carbocycles. The molecule has 1 aromatic heterocycles. The number of carbonyl (C=O) groups excluding carboxylic acids is 1. The minimum Gasteiger partial charge on any atom is -0.369 e. The Hall–Kier alpha value is -1.82. The zero-order chi connectivity index (χ0) is 18.6. The summed E-state index contributed by atoms with van der Waals surface area (Å²) in [5.74, 6) is 0.230. The van der Waals surface area contributed by atoms with E-state index in [-0.39, 0.29) is 11.6 Å². The van der Waals surface area contributed by atoms with Gasteiger partial charge in [-0.3, -0.25) is 14.2 Å². The third-order valence-electron chi connectivity index (χ3n) is 4.30. The van der Waals surface area contributed by atoms with E-state index in [1.807, 2.05) is 25.1 Å². The van der Waals surface area contributed by atoms with Gasteiger partial charge in [0.25, 0.3) is 5.56 Å². The maximum atomic E-state index is 13.0. The highest BCUT2D eigenvalue weighted by Crippen LogP contribution is 2.26. The van der Waals surface area contributed by atoms with Crippen LogP contribution in [0.2, 0.25) is 0 Å². The third-order valence-corrected chi connectivity index (χ3v) is 5.39. The molecule has 2 rings (SSSR count). The van der Waals surface area contributed by atoms with E-state index in [0.717, 1.165) is 19.3 Å². The summed E-state index contributed by atoms with van der Waals surface area (Å²) in [6.45, 7) is 8.17. The van der Waals surface area contributed by atoms with Gasteiger partial charge in [-0.15, -0.1) is 0 Å². The number of thioether (sulfide) groups is 1. The molecule has 0 unspecified atom stereocenters. The van der Waals surface area contributed by atoms with Gasteiger partial charge in [0.05, 0.1) is 16.2 Å². The minimum atomic E-state index is -0.442. The summed E-state index contributed by atoms with van der Waals surface area (Å²) in [6, 6.07) is 7.35. The van der Waals surface area contributed by atoms with Crippen molar-refractivity contribution in [3.05, 3.63) is 34.6 Å². The quantitative estimate of drug-likeness (QED) is 0.574. The summed E-state index contributed by atoms with van der Waals surface area (Å²) in [7, 11) is 0. The zero-order valence-electron chi connectivity index (χ0n) is 15.4. The summed E-state index contributed by atoms with van der Waals surface area (Å²) >= 11 is 1.25. The number of para-hydroxylation sites is 1. The molecule has 0 spiro atoms. The number of hydrogen-bond donors (Lipinski definition) is 1. The fourth-order valence-electron chi connectivity index (χ4n) is 2.76. The summed E-state index contributed by atoms with van der Waals surface area (Å²) in [6.07, 6.45) is 3.07. The first-order chi connectivity index (χ1) is 11.8. The van der Waals surface area contributed by atoms with Gasteiger partial charge in [0.15, 0.2) is 5.16 Å². The van der Waals surface area contributed by atoms with Gasteiger partial charge in [-0.25, -0.2) is 4.98 Å². The summed E-state index contributed by atoms with van der Waals surface area (Å²) in [4.78, 5) is 29.1. The molecule has 0 aliphatic rings. The van der Waals surface area contributed by atoms with E-state index in [1.165, 1.54) is 11.8 Å². The van der Waals surface area contributed by atoms with Crippen molar-refractivity contribution in [3.63, 3.8) is 0 Å². The van der Waals surface area contributed by atoms with Crippen LogP contribution in [-0.4, -0.2) is 20.7 Å². The van der Waals surface area contributed by atoms with Gasteiger partial charge in [-0.05, 0) is 38.3 Å². The van der Waals surface area contributed by atoms with Crippen LogP contribution in [-0.2, 0) is 4.79 Å². The highest BCUT2D eigenvalue weighted by molar-refractivity contribution is 8.00. The van der Waals surface area contributed by atoms with Crippen molar-refractivity contribution in [2.45, 2.75) is 63.4 Å². The molecule has 1 aromatic carbocycles. The maximum absolute atomic E-state index is 13.0. The Kier molecular flexibility index (Phi) is 6.64. The SMILES string of the molecule is CC(C)CCC[C@H](C)n1c(S[C@H](C)C(N)=O)nc2ccccc2c1=O. The number of nitrogens with two attached hydrogens (primary N) is 1. The molecule has 1 heterocycles. The number of nitrogens with zero attached hydrogens (tertiary/aromatic N) is 2. The second-order valence-electron chi connectivity index (χ2n) is 6.92. The lowest BCUT2D eigenvalue weighted by atomic mass is 10.0. The molecule has 0 saturated heterocycles. The van der Waals surface area contributed by atoms with Crippen molar-refractivity contribution in [1.29, 1.82) is 0 Å². The molecule has 0 aliphatic carbocycles. The predicted molar refractivity (Wildman–Crippen MR) is 104 cm³/mol. The molecule has 0 bridgehead atoms. The number of fused-ring (bicyclic) bond motifs is 1. The summed E-state index contributed by atoms with van der Waals surface area (Å²) in [5, 5.41) is 0.725. The van der Waals surface area contributed by atoms with E-state index < -0.39 is 11.2 Å². The predicted octanol–water partition coefficient (Wildman–Crippen LogP) is 3.75. The van der Waals surface area contributed by atoms with Crippen LogP contribution >= 0.6 is 11.8 Å². The molecule has 2 atom stereocenters. The second-order valence-corrected chi connectivity index (χ2v) is 8.23. The van der Waals surface area contributed by atoms with Crippen molar-refractivity contribution in [2.75, 3.05) is 0 Å². The molecule has 136 valence electrons. The van der Waals surface area contributed by atoms with Crippen LogP contribution in [0.1, 0.15) is 53.0 Å². The summed E-state index contributed by atoms with van der Waals surface area (Å²) < 4.78 is 1.73. The lowest BCUT2D eigenvalue weighted by molar-refractivity contribution is -0.117. The lowest BCUT2D eigenvalue weighted by Gasteiger charge is -2.21. The van der Waals surface area contributed by atoms with Crippen LogP contribution in [0.3, 0.4) is 0 Å². The molecule has 2 aromatic rings. The Balaban J connectivity index is 2.44. The van der Waals surface area contributed by atoms with Crippen molar-refractivity contribution in [1.82, 2.24) is 9.55 Å². The fourth-order valence-corrected chi connectivity index (χ4v) is 3.72. The van der Waals surface area contributed by atoms with E-state index in [1.54, 1.807) is 17.6 Å². The number of primary amides is 1. The number of carbonyl (C=O) groups is 1. The average molecular weight is 362 g/mol. The van der Waals surface area contributed by atoms with Crippen LogP contribution in [0, 0.1) is 5.92 Å². The van der Waals surface area contributed by atoms with Gasteiger partial charge in [-0.1, -0.05) is 50.6 Å². The molecular weight excluding hydrogens is 334 g/mol. The Morgan fingerprint density at radius 3 is 2.52 bits per heavy atom. The first kappa shape index (κ1) is 19.5. The van der Waals surface area contributed by atoms with Crippen LogP contribution in [0.5, 0.6) is 0 Å². The second kappa shape index (κ2) is 8.52. The molecule has 25 heavy (non-hydrogen) atoms. The first-order valence-electron chi connectivity index (χ1n) is 8.78. The smallest absolute Gasteiger partial charge is 0.262 e. The van der Waals surface area contributed by atoms with Gasteiger partial charge < -0.3 is 5.73 Å². The van der Waals surface area contributed by atoms with Crippen molar-refractivity contribution in [2.24, 2.45) is 11.7 Å². The molecule has 0 radical (unpaired) electrons. The topological polar surface area (TPSA) is 78.0 Å². The van der Waals surface area contributed by atoms with Gasteiger partial charge in [-0.2, -0.15) is 0 Å². The largest absolute Gasteiger partial charge is 0.369 e. The van der Waals surface area contributed by atoms with E-state index >= 15 is 0 Å². The molecular formula is C19H27N3O2S. The van der Waals surface area contributed by atoms with Crippen molar-refractivity contribution < 1.29 is 4.79 Å². The lowest BCUT2D eigenvalue weighted by Crippen LogP contribution is -2.29. The van der Waals surface area contributed by atoms with Crippen LogP contribution in [0.15, 0.2) is 34.2 Å². The first-order valence-corrected chi connectivity index (χ1v) is 9.66. The number of amides is 1. The monoisotopic (exact) mass is 361 g/mol. The Morgan fingerprint density at radius 2 is 1.88 bits per heavy atom. The summed E-state index contributed by atoms with van der Waals surface area (Å²) in [5.41, 5.74) is 6.00. The number of aromatic nitrogens is 2. The minimum absolute atomic E-state index is 0.0194. The molecule has 6 heteroatoms. The van der Waals surface area contributed by atoms with Crippen molar-refractivity contribution in [3.8, 4) is 0 Å². The van der Waals surface area contributed by atoms with Gasteiger partial charge in [0, 0.05) is 6.04 Å². The van der Waals surface area contributed by atoms with Crippen LogP contribution in [0.4, 0.5) is 0 Å². The average Bonchev–Trinajstić information content (AvgIpc) is 2.54. The van der Waals surface area contributed by atoms with E-state index in [4.69, 9.17) is 5.73 Å². The number of hydrogen-bond acceptors (Lipinski definition) is 4. The normalized spacial score (nSPS) is 14.0. The Bertz CT molecular complexity index is 801. The van der Waals surface area contributed by atoms with Crippen molar-refractivity contribution >= 4 is 28.6 Å². The number of rotatable bonds is 8. The highest BCUT2D eigenvalue weighted by Gasteiger charge is 2.20. The van der Waals surface area contributed by atoms with E-state index in [0.29, 0.717) is 22.0 Å². The highest BCUT2D eigenvalue weighted by atomic mass is 32.2. The third kappa shape index (κ3) is 4.84. The molecule has 1 amide bonds. The van der Waals surface area contributed by atoms with Crippen LogP contribution in [0.25, 0.3) is 10.9 Å². The number of benzene rings is 1. The Morgan fingerprint density at radius 1 is 1.20 bits per heavy atom. The maximum Gasteiger partial charge on any atom is 0.262 e. The zero-order valence-corrected chi connectivity index (χ0v) is 16.2. The molecule has 0 aliphatic heterocycles. The van der Waals surface area contributed by atoms with Crippen LogP contribution < -0.4 is 11.3 Å². The van der Waals surface area contributed by atoms with E-state index in [2.05, 4.69) is 18.8 Å². The molecule has 2 N–H and O–H groups in total. The fraction of sp³-hybridized carbons (Fsp3) is 0.526. The van der Waals surface area contributed by atoms with Gasteiger partial charge in [0.2, 0.25) is 5.91 Å². The van der Waals surface area contributed by atoms with E-state index in [9.17, 15) is 9.59 Å². The Labute approximate surface area is 153 Å². The van der Waals surface area contributed by atoms with Gasteiger partial charge >= 0.3 is 0 Å².